The van der Waals surface area contributed by atoms with Crippen molar-refractivity contribution in [3.05, 3.63) is 34.3 Å². The highest BCUT2D eigenvalue weighted by Gasteiger charge is 2.20. The van der Waals surface area contributed by atoms with E-state index in [0.717, 1.165) is 17.6 Å². The molecule has 0 saturated carbocycles. The summed E-state index contributed by atoms with van der Waals surface area (Å²) in [6.07, 6.45) is 5.30. The zero-order valence-electron chi connectivity index (χ0n) is 13.5. The van der Waals surface area contributed by atoms with E-state index in [9.17, 15) is 0 Å². The number of hydrogen-bond acceptors (Lipinski definition) is 2. The van der Waals surface area contributed by atoms with Crippen molar-refractivity contribution in [2.45, 2.75) is 64.0 Å². The standard InChI is InChI=1S/C18H28BrNO/c1-18(2,3)20-13-15(9-10-17-8-5-11-21-17)14-6-4-7-16(19)12-14/h4,6-7,12,15,17,20H,5,8-11,13H2,1-3H3. The van der Waals surface area contributed by atoms with Crippen molar-refractivity contribution in [3.8, 4) is 0 Å². The van der Waals surface area contributed by atoms with Crippen LogP contribution in [0, 0.1) is 0 Å². The Morgan fingerprint density at radius 1 is 1.38 bits per heavy atom. The number of benzene rings is 1. The third-order valence-corrected chi connectivity index (χ3v) is 4.55. The van der Waals surface area contributed by atoms with Gasteiger partial charge in [-0.05, 0) is 70.1 Å². The summed E-state index contributed by atoms with van der Waals surface area (Å²) in [7, 11) is 0. The van der Waals surface area contributed by atoms with Gasteiger partial charge < -0.3 is 10.1 Å². The summed E-state index contributed by atoms with van der Waals surface area (Å²) in [5.41, 5.74) is 1.58. The molecule has 2 nitrogen and oxygen atoms in total. The molecule has 0 aromatic heterocycles. The molecule has 21 heavy (non-hydrogen) atoms. The smallest absolute Gasteiger partial charge is 0.0576 e. The van der Waals surface area contributed by atoms with E-state index < -0.39 is 0 Å². The Labute approximate surface area is 137 Å². The molecule has 1 N–H and O–H groups in total. The van der Waals surface area contributed by atoms with Crippen molar-refractivity contribution in [1.82, 2.24) is 5.32 Å². The maximum absolute atomic E-state index is 5.78. The highest BCUT2D eigenvalue weighted by molar-refractivity contribution is 9.10. The van der Waals surface area contributed by atoms with Gasteiger partial charge in [-0.3, -0.25) is 0 Å². The van der Waals surface area contributed by atoms with Crippen LogP contribution in [0.5, 0.6) is 0 Å². The maximum Gasteiger partial charge on any atom is 0.0576 e. The van der Waals surface area contributed by atoms with E-state index in [1.165, 1.54) is 31.2 Å². The molecule has 1 aromatic rings. The predicted molar refractivity (Wildman–Crippen MR) is 92.8 cm³/mol. The molecule has 3 heteroatoms. The van der Waals surface area contributed by atoms with Gasteiger partial charge in [0.1, 0.15) is 0 Å². The van der Waals surface area contributed by atoms with Gasteiger partial charge in [-0.2, -0.15) is 0 Å². The van der Waals surface area contributed by atoms with Crippen molar-refractivity contribution in [1.29, 1.82) is 0 Å². The molecule has 2 unspecified atom stereocenters. The fourth-order valence-electron chi connectivity index (χ4n) is 2.84. The van der Waals surface area contributed by atoms with Gasteiger partial charge in [0.2, 0.25) is 0 Å². The lowest BCUT2D eigenvalue weighted by Crippen LogP contribution is -2.38. The molecule has 0 aliphatic carbocycles. The third kappa shape index (κ3) is 6.09. The SMILES string of the molecule is CC(C)(C)NCC(CCC1CCCO1)c1cccc(Br)c1. The molecule has 1 fully saturated rings. The first-order chi connectivity index (χ1) is 9.94. The van der Waals surface area contributed by atoms with Gasteiger partial charge in [0.25, 0.3) is 0 Å². The minimum Gasteiger partial charge on any atom is -0.378 e. The zero-order chi connectivity index (χ0) is 15.3. The predicted octanol–water partition coefficient (Wildman–Crippen LogP) is 4.88. The number of halogens is 1. The molecular formula is C18H28BrNO. The second kappa shape index (κ2) is 7.75. The van der Waals surface area contributed by atoms with Crippen molar-refractivity contribution in [2.24, 2.45) is 0 Å². The van der Waals surface area contributed by atoms with Crippen LogP contribution in [0.4, 0.5) is 0 Å². The summed E-state index contributed by atoms with van der Waals surface area (Å²) in [5.74, 6) is 0.547. The van der Waals surface area contributed by atoms with Crippen molar-refractivity contribution in [3.63, 3.8) is 0 Å². The van der Waals surface area contributed by atoms with Crippen LogP contribution in [0.1, 0.15) is 57.9 Å². The lowest BCUT2D eigenvalue weighted by Gasteiger charge is -2.26. The molecule has 1 aromatic carbocycles. The molecule has 1 saturated heterocycles. The summed E-state index contributed by atoms with van der Waals surface area (Å²) < 4.78 is 6.94. The number of hydrogen-bond donors (Lipinski definition) is 1. The number of nitrogens with one attached hydrogen (secondary N) is 1. The van der Waals surface area contributed by atoms with E-state index in [0.29, 0.717) is 12.0 Å². The first-order valence-electron chi connectivity index (χ1n) is 8.06. The Balaban J connectivity index is 1.98. The fourth-order valence-corrected chi connectivity index (χ4v) is 3.25. The van der Waals surface area contributed by atoms with E-state index in [1.54, 1.807) is 0 Å². The van der Waals surface area contributed by atoms with Crippen molar-refractivity contribution in [2.75, 3.05) is 13.2 Å². The average Bonchev–Trinajstić information content (AvgIpc) is 2.90. The Kier molecular flexibility index (Phi) is 6.27. The first kappa shape index (κ1) is 17.0. The molecule has 0 amide bonds. The highest BCUT2D eigenvalue weighted by atomic mass is 79.9. The molecule has 2 rings (SSSR count). The van der Waals surface area contributed by atoms with E-state index in [-0.39, 0.29) is 5.54 Å². The van der Waals surface area contributed by atoms with Crippen molar-refractivity contribution < 1.29 is 4.74 Å². The van der Waals surface area contributed by atoms with Crippen LogP contribution in [-0.4, -0.2) is 24.8 Å². The van der Waals surface area contributed by atoms with E-state index in [1.807, 2.05) is 0 Å². The van der Waals surface area contributed by atoms with Crippen LogP contribution in [0.15, 0.2) is 28.7 Å². The summed E-state index contributed by atoms with van der Waals surface area (Å²) in [6, 6.07) is 8.73. The second-order valence-corrected chi connectivity index (χ2v) is 8.01. The lowest BCUT2D eigenvalue weighted by molar-refractivity contribution is 0.100. The fraction of sp³-hybridized carbons (Fsp3) is 0.667. The normalized spacial score (nSPS) is 20.7. The Bertz CT molecular complexity index is 435. The monoisotopic (exact) mass is 353 g/mol. The van der Waals surface area contributed by atoms with Crippen LogP contribution in [-0.2, 0) is 4.74 Å². The molecule has 1 heterocycles. The minimum absolute atomic E-state index is 0.161. The zero-order valence-corrected chi connectivity index (χ0v) is 15.1. The lowest BCUT2D eigenvalue weighted by atomic mass is 9.91. The van der Waals surface area contributed by atoms with Crippen LogP contribution in [0.3, 0.4) is 0 Å². The topological polar surface area (TPSA) is 21.3 Å². The quantitative estimate of drug-likeness (QED) is 0.786. The Morgan fingerprint density at radius 3 is 2.81 bits per heavy atom. The van der Waals surface area contributed by atoms with Gasteiger partial charge in [0, 0.05) is 23.2 Å². The molecule has 2 atom stereocenters. The molecular weight excluding hydrogens is 326 g/mol. The molecule has 0 radical (unpaired) electrons. The van der Waals surface area contributed by atoms with Crippen molar-refractivity contribution >= 4 is 15.9 Å². The van der Waals surface area contributed by atoms with E-state index in [2.05, 4.69) is 66.3 Å². The van der Waals surface area contributed by atoms with Gasteiger partial charge in [-0.25, -0.2) is 0 Å². The van der Waals surface area contributed by atoms with Crippen LogP contribution >= 0.6 is 15.9 Å². The molecule has 1 aliphatic heterocycles. The van der Waals surface area contributed by atoms with E-state index in [4.69, 9.17) is 4.74 Å². The van der Waals surface area contributed by atoms with Gasteiger partial charge in [0.05, 0.1) is 6.10 Å². The van der Waals surface area contributed by atoms with Crippen LogP contribution in [0.2, 0.25) is 0 Å². The highest BCUT2D eigenvalue weighted by Crippen LogP contribution is 2.27. The molecule has 1 aliphatic rings. The Hall–Kier alpha value is -0.380. The largest absolute Gasteiger partial charge is 0.378 e. The molecule has 0 bridgehead atoms. The first-order valence-corrected chi connectivity index (χ1v) is 8.85. The molecule has 0 spiro atoms. The van der Waals surface area contributed by atoms with Gasteiger partial charge in [-0.15, -0.1) is 0 Å². The number of rotatable bonds is 6. The average molecular weight is 354 g/mol. The molecule has 118 valence electrons. The summed E-state index contributed by atoms with van der Waals surface area (Å²) in [6.45, 7) is 8.65. The van der Waals surface area contributed by atoms with Gasteiger partial charge in [-0.1, -0.05) is 28.1 Å². The van der Waals surface area contributed by atoms with E-state index >= 15 is 0 Å². The van der Waals surface area contributed by atoms with Gasteiger partial charge in [0.15, 0.2) is 0 Å². The van der Waals surface area contributed by atoms with Crippen LogP contribution in [0.25, 0.3) is 0 Å². The van der Waals surface area contributed by atoms with Gasteiger partial charge >= 0.3 is 0 Å². The second-order valence-electron chi connectivity index (χ2n) is 7.10. The Morgan fingerprint density at radius 2 is 2.19 bits per heavy atom. The minimum atomic E-state index is 0.161. The number of ether oxygens (including phenoxy) is 1. The summed E-state index contributed by atoms with van der Waals surface area (Å²) in [5, 5.41) is 3.66. The summed E-state index contributed by atoms with van der Waals surface area (Å²) in [4.78, 5) is 0. The van der Waals surface area contributed by atoms with Crippen LogP contribution < -0.4 is 5.32 Å². The third-order valence-electron chi connectivity index (χ3n) is 4.06. The maximum atomic E-state index is 5.78. The summed E-state index contributed by atoms with van der Waals surface area (Å²) >= 11 is 3.59.